The highest BCUT2D eigenvalue weighted by atomic mass is 32.2. The summed E-state index contributed by atoms with van der Waals surface area (Å²) < 4.78 is 28.7. The van der Waals surface area contributed by atoms with E-state index in [4.69, 9.17) is 0 Å². The van der Waals surface area contributed by atoms with Crippen molar-refractivity contribution in [3.8, 4) is 0 Å². The van der Waals surface area contributed by atoms with E-state index in [1.807, 2.05) is 0 Å². The molecule has 0 spiro atoms. The van der Waals surface area contributed by atoms with Crippen molar-refractivity contribution in [1.82, 2.24) is 0 Å². The van der Waals surface area contributed by atoms with Gasteiger partial charge >= 0.3 is 17.2 Å². The van der Waals surface area contributed by atoms with Crippen LogP contribution >= 0.6 is 0 Å². The Morgan fingerprint density at radius 2 is 2.15 bits per heavy atom. The Balaban J connectivity index is 2.59. The molecule has 1 rings (SSSR count). The highest BCUT2D eigenvalue weighted by Crippen LogP contribution is 2.07. The van der Waals surface area contributed by atoms with E-state index in [1.165, 1.54) is 7.11 Å². The highest BCUT2D eigenvalue weighted by Gasteiger charge is 2.09. The smallest absolute Gasteiger partial charge is 0.396 e. The summed E-state index contributed by atoms with van der Waals surface area (Å²) in [5, 5.41) is 0. The maximum Gasteiger partial charge on any atom is 0.519 e. The standard InChI is InChI=1S/C6H8O6S/c1-4-5(12-6(7)11-4)3-10-13(8)9-2/h3H2,1-2H3. The Hall–Kier alpha value is -0.920. The Kier molecular flexibility index (Phi) is 3.40. The molecule has 0 aliphatic carbocycles. The summed E-state index contributed by atoms with van der Waals surface area (Å²) in [6, 6.07) is 0. The van der Waals surface area contributed by atoms with E-state index in [1.54, 1.807) is 6.92 Å². The van der Waals surface area contributed by atoms with Gasteiger partial charge in [0.2, 0.25) is 0 Å². The first-order valence-electron chi connectivity index (χ1n) is 3.32. The minimum atomic E-state index is -1.83. The molecule has 1 atom stereocenters. The minimum absolute atomic E-state index is 0.127. The summed E-state index contributed by atoms with van der Waals surface area (Å²) in [4.78, 5) is 10.5. The summed E-state index contributed by atoms with van der Waals surface area (Å²) in [6.45, 7) is 1.41. The molecule has 1 heterocycles. The van der Waals surface area contributed by atoms with E-state index in [-0.39, 0.29) is 12.4 Å². The molecule has 1 unspecified atom stereocenters. The molecule has 74 valence electrons. The van der Waals surface area contributed by atoms with Crippen LogP contribution < -0.4 is 5.82 Å². The Bertz CT molecular complexity index is 350. The third-order valence-electron chi connectivity index (χ3n) is 1.26. The van der Waals surface area contributed by atoms with Gasteiger partial charge in [-0.25, -0.2) is 4.79 Å². The number of aryl methyl sites for hydroxylation is 1. The fourth-order valence-electron chi connectivity index (χ4n) is 0.656. The average Bonchev–Trinajstić information content (AvgIpc) is 2.41. The first kappa shape index (κ1) is 10.2. The van der Waals surface area contributed by atoms with Gasteiger partial charge in [0.15, 0.2) is 5.76 Å². The zero-order valence-corrected chi connectivity index (χ0v) is 7.88. The predicted octanol–water partition coefficient (Wildman–Crippen LogP) is 0.283. The molecule has 0 N–H and O–H groups in total. The molecule has 0 fully saturated rings. The molecule has 0 radical (unpaired) electrons. The first-order valence-corrected chi connectivity index (χ1v) is 4.32. The van der Waals surface area contributed by atoms with Gasteiger partial charge in [-0.2, -0.15) is 4.21 Å². The van der Waals surface area contributed by atoms with Crippen LogP contribution in [0.3, 0.4) is 0 Å². The molecule has 6 nitrogen and oxygen atoms in total. The fraction of sp³-hybridized carbons (Fsp3) is 0.500. The van der Waals surface area contributed by atoms with Gasteiger partial charge in [-0.1, -0.05) is 0 Å². The molecule has 1 aromatic rings. The molecule has 13 heavy (non-hydrogen) atoms. The van der Waals surface area contributed by atoms with E-state index >= 15 is 0 Å². The van der Waals surface area contributed by atoms with Crippen LogP contribution in [0.1, 0.15) is 11.5 Å². The van der Waals surface area contributed by atoms with E-state index in [9.17, 15) is 9.00 Å². The number of hydrogen-bond donors (Lipinski definition) is 0. The molecular weight excluding hydrogens is 200 g/mol. The second kappa shape index (κ2) is 4.35. The molecule has 0 bridgehead atoms. The second-order valence-corrected chi connectivity index (χ2v) is 3.04. The quantitative estimate of drug-likeness (QED) is 0.707. The molecule has 0 saturated heterocycles. The maximum atomic E-state index is 10.6. The Labute approximate surface area is 76.3 Å². The molecule has 1 aromatic heterocycles. The lowest BCUT2D eigenvalue weighted by Gasteiger charge is -1.96. The van der Waals surface area contributed by atoms with Gasteiger partial charge in [-0.05, 0) is 6.92 Å². The summed E-state index contributed by atoms with van der Waals surface area (Å²) in [5.41, 5.74) is 0. The van der Waals surface area contributed by atoms with Crippen molar-refractivity contribution >= 4 is 11.4 Å². The topological polar surface area (TPSA) is 78.9 Å². The summed E-state index contributed by atoms with van der Waals surface area (Å²) in [5.74, 6) is -0.298. The number of hydrogen-bond acceptors (Lipinski definition) is 6. The van der Waals surface area contributed by atoms with E-state index in [0.717, 1.165) is 0 Å². The van der Waals surface area contributed by atoms with Gasteiger partial charge in [0.25, 0.3) is 0 Å². The van der Waals surface area contributed by atoms with Crippen LogP contribution in [-0.2, 0) is 26.3 Å². The summed E-state index contributed by atoms with van der Waals surface area (Å²) in [6.07, 6.45) is 0. The minimum Gasteiger partial charge on any atom is -0.396 e. The van der Waals surface area contributed by atoms with Crippen molar-refractivity contribution in [3.05, 3.63) is 22.1 Å². The lowest BCUT2D eigenvalue weighted by Crippen LogP contribution is -1.99. The van der Waals surface area contributed by atoms with Crippen LogP contribution in [0, 0.1) is 6.92 Å². The predicted molar refractivity (Wildman–Crippen MR) is 41.9 cm³/mol. The van der Waals surface area contributed by atoms with Crippen LogP contribution in [0.15, 0.2) is 13.6 Å². The van der Waals surface area contributed by atoms with Gasteiger partial charge in [0.1, 0.15) is 12.4 Å². The van der Waals surface area contributed by atoms with Crippen LogP contribution in [0.2, 0.25) is 0 Å². The van der Waals surface area contributed by atoms with Crippen molar-refractivity contribution in [1.29, 1.82) is 0 Å². The molecule has 0 aromatic carbocycles. The largest absolute Gasteiger partial charge is 0.519 e. The maximum absolute atomic E-state index is 10.6. The third kappa shape index (κ3) is 2.79. The molecule has 0 saturated carbocycles. The second-order valence-electron chi connectivity index (χ2n) is 2.07. The molecule has 7 heteroatoms. The third-order valence-corrected chi connectivity index (χ3v) is 1.84. The monoisotopic (exact) mass is 208 g/mol. The van der Waals surface area contributed by atoms with Gasteiger partial charge in [-0.3, -0.25) is 8.37 Å². The normalized spacial score (nSPS) is 13.1. The van der Waals surface area contributed by atoms with Crippen molar-refractivity contribution in [2.75, 3.05) is 7.11 Å². The van der Waals surface area contributed by atoms with Crippen molar-refractivity contribution in [2.45, 2.75) is 13.5 Å². The lowest BCUT2D eigenvalue weighted by molar-refractivity contribution is 0.245. The van der Waals surface area contributed by atoms with E-state index < -0.39 is 17.2 Å². The Morgan fingerprint density at radius 1 is 1.46 bits per heavy atom. The van der Waals surface area contributed by atoms with Crippen LogP contribution in [0.4, 0.5) is 0 Å². The molecule has 0 amide bonds. The fourth-order valence-corrected chi connectivity index (χ4v) is 0.956. The van der Waals surface area contributed by atoms with E-state index in [2.05, 4.69) is 17.2 Å². The van der Waals surface area contributed by atoms with Crippen LogP contribution in [-0.4, -0.2) is 11.3 Å². The van der Waals surface area contributed by atoms with Crippen molar-refractivity contribution in [3.63, 3.8) is 0 Å². The van der Waals surface area contributed by atoms with Gasteiger partial charge in [0, 0.05) is 0 Å². The van der Waals surface area contributed by atoms with Gasteiger partial charge in [-0.15, -0.1) is 0 Å². The molecule has 0 aliphatic heterocycles. The van der Waals surface area contributed by atoms with Gasteiger partial charge < -0.3 is 8.83 Å². The Morgan fingerprint density at radius 3 is 2.62 bits per heavy atom. The average molecular weight is 208 g/mol. The van der Waals surface area contributed by atoms with Crippen molar-refractivity contribution < 1.29 is 21.4 Å². The SMILES string of the molecule is COS(=O)OCc1oc(=O)oc1C. The zero-order chi connectivity index (χ0) is 9.84. The number of rotatable bonds is 4. The van der Waals surface area contributed by atoms with Crippen LogP contribution in [0.25, 0.3) is 0 Å². The first-order chi connectivity index (χ1) is 6.13. The highest BCUT2D eigenvalue weighted by molar-refractivity contribution is 7.75. The summed E-state index contributed by atoms with van der Waals surface area (Å²) >= 11 is -1.83. The van der Waals surface area contributed by atoms with Crippen molar-refractivity contribution in [2.24, 2.45) is 0 Å². The lowest BCUT2D eigenvalue weighted by atomic mass is 10.4. The zero-order valence-electron chi connectivity index (χ0n) is 7.06. The molecular formula is C6H8O6S. The van der Waals surface area contributed by atoms with Crippen LogP contribution in [0.5, 0.6) is 0 Å². The molecule has 0 aliphatic rings. The van der Waals surface area contributed by atoms with E-state index in [0.29, 0.717) is 5.76 Å². The van der Waals surface area contributed by atoms with Gasteiger partial charge in [0.05, 0.1) is 7.11 Å². The summed E-state index contributed by atoms with van der Waals surface area (Å²) in [7, 11) is 1.23.